The molecule has 1 saturated heterocycles. The first-order chi connectivity index (χ1) is 21.5. The molecule has 3 heterocycles. The van der Waals surface area contributed by atoms with E-state index >= 15 is 0 Å². The molecular formula is C34H33N3O7Si. The molecule has 2 N–H and O–H groups in total. The highest BCUT2D eigenvalue weighted by Gasteiger charge is 2.66. The lowest BCUT2D eigenvalue weighted by Gasteiger charge is -2.32. The molecule has 0 radical (unpaired) electrons. The molecule has 0 aromatic heterocycles. The van der Waals surface area contributed by atoms with E-state index in [1.54, 1.807) is 29.0 Å². The summed E-state index contributed by atoms with van der Waals surface area (Å²) >= 11 is 0. The number of carbonyl (C=O) groups is 2. The van der Waals surface area contributed by atoms with Crippen molar-refractivity contribution in [3.63, 3.8) is 0 Å². The zero-order valence-corrected chi connectivity index (χ0v) is 26.1. The summed E-state index contributed by atoms with van der Waals surface area (Å²) in [7, 11) is -2.90. The number of amides is 2. The normalized spacial score (nSPS) is 23.9. The van der Waals surface area contributed by atoms with E-state index < -0.39 is 30.9 Å². The number of nitro benzene ring substituents is 1. The van der Waals surface area contributed by atoms with Crippen molar-refractivity contribution in [2.75, 3.05) is 16.4 Å². The number of hydrogen-bond acceptors (Lipinski definition) is 7. The lowest BCUT2D eigenvalue weighted by molar-refractivity contribution is -0.385. The van der Waals surface area contributed by atoms with Crippen LogP contribution in [0.5, 0.6) is 0 Å². The lowest BCUT2D eigenvalue weighted by atomic mass is 9.82. The molecule has 4 atom stereocenters. The molecule has 0 aliphatic carbocycles. The SMILES string of the molecule is C[C@@H]1[C@@H]([Si](C)(C)O)[C@H](CCO)O[C@@]12C(=O)N(Cc1ccc(N3C(=O)c4cccc5cccc3c45)cc1)c1ccc([N+](=O)[O-])cc12. The van der Waals surface area contributed by atoms with Gasteiger partial charge in [-0.25, -0.2) is 0 Å². The minimum absolute atomic E-state index is 0.101. The van der Waals surface area contributed by atoms with Crippen LogP contribution in [0.25, 0.3) is 10.8 Å². The topological polar surface area (TPSA) is 133 Å². The number of fused-ring (bicyclic) bond motifs is 2. The van der Waals surface area contributed by atoms with Gasteiger partial charge in [0.25, 0.3) is 17.5 Å². The van der Waals surface area contributed by atoms with Crippen LogP contribution in [-0.4, -0.2) is 47.7 Å². The van der Waals surface area contributed by atoms with Gasteiger partial charge in [-0.2, -0.15) is 0 Å². The van der Waals surface area contributed by atoms with Crippen molar-refractivity contribution in [1.29, 1.82) is 0 Å². The van der Waals surface area contributed by atoms with Gasteiger partial charge in [0.1, 0.15) is 0 Å². The highest BCUT2D eigenvalue weighted by molar-refractivity contribution is 6.71. The predicted molar refractivity (Wildman–Crippen MR) is 172 cm³/mol. The molecule has 4 aromatic carbocycles. The standard InChI is InChI=1S/C34H33N3O7Si/c1-20-31(45(2,3)43)29(16-17-38)44-34(20)26-18-24(37(41)42)14-15-27(26)35(33(34)40)19-21-10-12-23(13-11-21)36-28-9-5-7-22-6-4-8-25(30(22)28)32(36)39/h4-15,18,20,29,31,38,43H,16-17,19H2,1-3H3/t20-,29+,31-,34+/m1/s1. The third kappa shape index (κ3) is 4.26. The van der Waals surface area contributed by atoms with Gasteiger partial charge in [-0.1, -0.05) is 43.3 Å². The van der Waals surface area contributed by atoms with E-state index in [2.05, 4.69) is 0 Å². The summed E-state index contributed by atoms with van der Waals surface area (Å²) in [6, 6.07) is 23.4. The molecule has 11 heteroatoms. The zero-order chi connectivity index (χ0) is 31.8. The van der Waals surface area contributed by atoms with Gasteiger partial charge < -0.3 is 19.5 Å². The number of rotatable bonds is 7. The third-order valence-electron chi connectivity index (χ3n) is 9.68. The van der Waals surface area contributed by atoms with Crippen molar-refractivity contribution in [1.82, 2.24) is 0 Å². The van der Waals surface area contributed by atoms with Crippen molar-refractivity contribution >= 4 is 53.7 Å². The van der Waals surface area contributed by atoms with Crippen molar-refractivity contribution in [2.45, 2.75) is 50.2 Å². The zero-order valence-electron chi connectivity index (χ0n) is 25.1. The molecular weight excluding hydrogens is 590 g/mol. The number of hydrogen-bond donors (Lipinski definition) is 2. The van der Waals surface area contributed by atoms with Crippen LogP contribution in [0.3, 0.4) is 0 Å². The Morgan fingerprint density at radius 2 is 1.71 bits per heavy atom. The van der Waals surface area contributed by atoms with Crippen LogP contribution in [0.4, 0.5) is 22.7 Å². The monoisotopic (exact) mass is 623 g/mol. The van der Waals surface area contributed by atoms with E-state index in [0.29, 0.717) is 22.5 Å². The first-order valence-electron chi connectivity index (χ1n) is 15.0. The summed E-state index contributed by atoms with van der Waals surface area (Å²) in [4.78, 5) is 53.8. The molecule has 7 rings (SSSR count). The Morgan fingerprint density at radius 1 is 1.00 bits per heavy atom. The van der Waals surface area contributed by atoms with Crippen LogP contribution in [0, 0.1) is 16.0 Å². The third-order valence-corrected chi connectivity index (χ3v) is 12.2. The number of ether oxygens (including phenoxy) is 1. The van der Waals surface area contributed by atoms with Gasteiger partial charge in [-0.3, -0.25) is 24.6 Å². The summed E-state index contributed by atoms with van der Waals surface area (Å²) in [6.45, 7) is 5.42. The maximum Gasteiger partial charge on any atom is 0.269 e. The van der Waals surface area contributed by atoms with Gasteiger partial charge in [0.2, 0.25) is 0 Å². The van der Waals surface area contributed by atoms with Crippen LogP contribution in [0.15, 0.2) is 78.9 Å². The summed E-state index contributed by atoms with van der Waals surface area (Å²) in [5, 5.41) is 23.5. The summed E-state index contributed by atoms with van der Waals surface area (Å²) in [5.74, 6) is -0.946. The molecule has 3 aliphatic heterocycles. The Hall–Kier alpha value is -4.42. The Balaban J connectivity index is 1.25. The van der Waals surface area contributed by atoms with Crippen LogP contribution in [-0.2, 0) is 21.7 Å². The van der Waals surface area contributed by atoms with Gasteiger partial charge in [-0.05, 0) is 60.8 Å². The van der Waals surface area contributed by atoms with Crippen molar-refractivity contribution in [2.24, 2.45) is 5.92 Å². The number of nitro groups is 1. The molecule has 10 nitrogen and oxygen atoms in total. The number of non-ortho nitro benzene ring substituents is 1. The number of aliphatic hydroxyl groups is 1. The highest BCUT2D eigenvalue weighted by Crippen LogP contribution is 2.60. The molecule has 1 spiro atoms. The Bertz CT molecular complexity index is 1880. The van der Waals surface area contributed by atoms with E-state index in [4.69, 9.17) is 4.74 Å². The van der Waals surface area contributed by atoms with E-state index in [9.17, 15) is 29.6 Å². The molecule has 4 aromatic rings. The number of nitrogens with zero attached hydrogens (tertiary/aromatic N) is 3. The molecule has 1 fully saturated rings. The number of carbonyl (C=O) groups excluding carboxylic acids is 2. The van der Waals surface area contributed by atoms with Crippen LogP contribution in [0.2, 0.25) is 18.6 Å². The molecule has 0 unspecified atom stereocenters. The average molecular weight is 624 g/mol. The second kappa shape index (κ2) is 10.3. The van der Waals surface area contributed by atoms with Crippen LogP contribution >= 0.6 is 0 Å². The minimum Gasteiger partial charge on any atom is -0.432 e. The first-order valence-corrected chi connectivity index (χ1v) is 18.1. The largest absolute Gasteiger partial charge is 0.432 e. The van der Waals surface area contributed by atoms with E-state index in [1.165, 1.54) is 12.1 Å². The maximum atomic E-state index is 14.5. The average Bonchev–Trinajstić information content (AvgIpc) is 3.56. The van der Waals surface area contributed by atoms with Gasteiger partial charge in [0.05, 0.1) is 34.5 Å². The molecule has 3 aliphatic rings. The van der Waals surface area contributed by atoms with Crippen LogP contribution < -0.4 is 9.80 Å². The number of benzene rings is 4. The maximum absolute atomic E-state index is 14.5. The smallest absolute Gasteiger partial charge is 0.269 e. The van der Waals surface area contributed by atoms with Gasteiger partial charge in [-0.15, -0.1) is 0 Å². The minimum atomic E-state index is -2.90. The van der Waals surface area contributed by atoms with Gasteiger partial charge in [0, 0.05) is 46.8 Å². The Labute approximate surface area is 260 Å². The Kier molecular flexibility index (Phi) is 6.71. The van der Waals surface area contributed by atoms with Crippen molar-refractivity contribution < 1.29 is 29.2 Å². The summed E-state index contributed by atoms with van der Waals surface area (Å²) < 4.78 is 6.56. The quantitative estimate of drug-likeness (QED) is 0.152. The number of anilines is 3. The van der Waals surface area contributed by atoms with Crippen LogP contribution in [0.1, 0.15) is 34.8 Å². The van der Waals surface area contributed by atoms with E-state index in [-0.39, 0.29) is 42.6 Å². The molecule has 2 amide bonds. The fourth-order valence-electron chi connectivity index (χ4n) is 7.84. The van der Waals surface area contributed by atoms with E-state index in [0.717, 1.165) is 22.0 Å². The molecule has 0 bridgehead atoms. The fourth-order valence-corrected chi connectivity index (χ4v) is 10.4. The predicted octanol–water partition coefficient (Wildman–Crippen LogP) is 5.77. The number of aliphatic hydroxyl groups excluding tert-OH is 1. The second-order valence-corrected chi connectivity index (χ2v) is 16.7. The second-order valence-electron chi connectivity index (χ2n) is 12.7. The Morgan fingerprint density at radius 3 is 2.38 bits per heavy atom. The van der Waals surface area contributed by atoms with E-state index in [1.807, 2.05) is 67.6 Å². The highest BCUT2D eigenvalue weighted by atomic mass is 28.4. The molecule has 230 valence electrons. The fraction of sp³-hybridized carbons (Fsp3) is 0.294. The van der Waals surface area contributed by atoms with Crippen molar-refractivity contribution in [3.8, 4) is 0 Å². The summed E-state index contributed by atoms with van der Waals surface area (Å²) in [6.07, 6.45) is -0.349. The first kappa shape index (κ1) is 29.3. The van der Waals surface area contributed by atoms with Crippen molar-refractivity contribution in [3.05, 3.63) is 106 Å². The molecule has 0 saturated carbocycles. The lowest BCUT2D eigenvalue weighted by Crippen LogP contribution is -2.46. The summed E-state index contributed by atoms with van der Waals surface area (Å²) in [5.41, 5.74) is 1.81. The van der Waals surface area contributed by atoms with Gasteiger partial charge >= 0.3 is 0 Å². The van der Waals surface area contributed by atoms with Gasteiger partial charge in [0.15, 0.2) is 13.9 Å². The molecule has 45 heavy (non-hydrogen) atoms.